The van der Waals surface area contributed by atoms with Crippen LogP contribution in [0.1, 0.15) is 16.7 Å². The van der Waals surface area contributed by atoms with Gasteiger partial charge in [-0.1, -0.05) is 64.6 Å². The van der Waals surface area contributed by atoms with Gasteiger partial charge in [0.15, 0.2) is 4.75 Å². The molecule has 3 aromatic carbocycles. The Balaban J connectivity index is 2.65. The minimum absolute atomic E-state index is 0.112. The first kappa shape index (κ1) is 22.0. The van der Waals surface area contributed by atoms with E-state index in [1.54, 1.807) is 0 Å². The van der Waals surface area contributed by atoms with Crippen molar-refractivity contribution >= 4 is 56.5 Å². The molecule has 0 fully saturated rings. The van der Waals surface area contributed by atoms with E-state index in [0.717, 1.165) is 6.07 Å². The van der Waals surface area contributed by atoms with Crippen LogP contribution in [0.4, 0.5) is 0 Å². The van der Waals surface area contributed by atoms with Crippen LogP contribution in [0.3, 0.4) is 0 Å². The van der Waals surface area contributed by atoms with Crippen molar-refractivity contribution in [3.8, 4) is 11.5 Å². The predicted molar refractivity (Wildman–Crippen MR) is 114 cm³/mol. The van der Waals surface area contributed by atoms with Crippen LogP contribution in [0.15, 0.2) is 54.6 Å². The van der Waals surface area contributed by atoms with Crippen LogP contribution < -0.4 is 0 Å². The standard InChI is InChI=1S/C19H12Cl4O5S/c20-11-4-5-13(15(22)9-11)19(29(26,27)28,10-2-1-3-12(24)8-10)17-14(21)6-7-16(25)18(17)23/h1-9,24-25H,(H,26,27,28). The molecule has 0 aromatic heterocycles. The highest BCUT2D eigenvalue weighted by Gasteiger charge is 2.52. The van der Waals surface area contributed by atoms with Crippen molar-refractivity contribution < 1.29 is 23.2 Å². The number of hydrogen-bond donors (Lipinski definition) is 3. The van der Waals surface area contributed by atoms with E-state index in [1.807, 2.05) is 0 Å². The van der Waals surface area contributed by atoms with Crippen LogP contribution in [-0.4, -0.2) is 23.2 Å². The SMILES string of the molecule is O=S(=O)(O)C(c1cccc(O)c1)(c1ccc(Cl)cc1Cl)c1c(Cl)ccc(O)c1Cl. The predicted octanol–water partition coefficient (Wildman–Crippen LogP) is 5.89. The number of rotatable bonds is 4. The molecule has 1 unspecified atom stereocenters. The molecule has 0 saturated heterocycles. The summed E-state index contributed by atoms with van der Waals surface area (Å²) in [5, 5.41) is 19.7. The maximum absolute atomic E-state index is 13.0. The van der Waals surface area contributed by atoms with Gasteiger partial charge >= 0.3 is 0 Å². The molecule has 3 aromatic rings. The minimum Gasteiger partial charge on any atom is -0.508 e. The van der Waals surface area contributed by atoms with Crippen molar-refractivity contribution in [2.75, 3.05) is 0 Å². The quantitative estimate of drug-likeness (QED) is 0.311. The highest BCUT2D eigenvalue weighted by molar-refractivity contribution is 7.87. The summed E-state index contributed by atoms with van der Waals surface area (Å²) in [7, 11) is -5.12. The normalized spacial score (nSPS) is 13.8. The van der Waals surface area contributed by atoms with Gasteiger partial charge in [-0.3, -0.25) is 4.55 Å². The molecule has 0 heterocycles. The van der Waals surface area contributed by atoms with Gasteiger partial charge in [-0.05, 0) is 42.0 Å². The summed E-state index contributed by atoms with van der Waals surface area (Å²) in [5.41, 5.74) is -0.581. The van der Waals surface area contributed by atoms with Crippen molar-refractivity contribution in [1.29, 1.82) is 0 Å². The fourth-order valence-corrected chi connectivity index (χ4v) is 5.94. The number of hydrogen-bond acceptors (Lipinski definition) is 4. The fraction of sp³-hybridized carbons (Fsp3) is 0.0526. The molecule has 152 valence electrons. The highest BCUT2D eigenvalue weighted by Crippen LogP contribution is 2.53. The molecule has 0 aliphatic heterocycles. The molecule has 0 spiro atoms. The van der Waals surface area contributed by atoms with Crippen molar-refractivity contribution in [3.63, 3.8) is 0 Å². The summed E-state index contributed by atoms with van der Waals surface area (Å²) in [6.45, 7) is 0. The van der Waals surface area contributed by atoms with Gasteiger partial charge in [0.05, 0.1) is 5.02 Å². The summed E-state index contributed by atoms with van der Waals surface area (Å²) >= 11 is 24.9. The van der Waals surface area contributed by atoms with E-state index >= 15 is 0 Å². The number of benzene rings is 3. The lowest BCUT2D eigenvalue weighted by Crippen LogP contribution is -2.39. The van der Waals surface area contributed by atoms with Gasteiger partial charge in [-0.25, -0.2) is 0 Å². The second kappa shape index (κ2) is 7.87. The maximum atomic E-state index is 13.0. The Morgan fingerprint density at radius 2 is 1.52 bits per heavy atom. The molecular weight excluding hydrogens is 482 g/mol. The van der Waals surface area contributed by atoms with Crippen molar-refractivity contribution in [2.24, 2.45) is 0 Å². The fourth-order valence-electron chi connectivity index (χ4n) is 3.22. The van der Waals surface area contributed by atoms with Gasteiger partial charge in [0, 0.05) is 26.2 Å². The molecule has 0 aliphatic rings. The van der Waals surface area contributed by atoms with E-state index in [9.17, 15) is 23.2 Å². The molecule has 0 radical (unpaired) electrons. The van der Waals surface area contributed by atoms with E-state index in [1.165, 1.54) is 48.5 Å². The highest BCUT2D eigenvalue weighted by atomic mass is 35.5. The number of halogens is 4. The summed E-state index contributed by atoms with van der Waals surface area (Å²) in [6, 6.07) is 11.5. The van der Waals surface area contributed by atoms with E-state index in [2.05, 4.69) is 0 Å². The maximum Gasteiger partial charge on any atom is 0.283 e. The zero-order chi connectivity index (χ0) is 21.6. The molecule has 29 heavy (non-hydrogen) atoms. The average molecular weight is 494 g/mol. The smallest absolute Gasteiger partial charge is 0.283 e. The molecule has 0 saturated carbocycles. The van der Waals surface area contributed by atoms with Crippen molar-refractivity contribution in [3.05, 3.63) is 91.4 Å². The summed E-state index contributed by atoms with van der Waals surface area (Å²) < 4.78 is 34.0. The van der Waals surface area contributed by atoms with Gasteiger partial charge in [-0.2, -0.15) is 8.42 Å². The third-order valence-electron chi connectivity index (χ3n) is 4.37. The largest absolute Gasteiger partial charge is 0.508 e. The first-order valence-corrected chi connectivity index (χ1v) is 10.8. The zero-order valence-corrected chi connectivity index (χ0v) is 18.1. The van der Waals surface area contributed by atoms with Crippen LogP contribution in [-0.2, 0) is 14.9 Å². The number of phenolic OH excluding ortho intramolecular Hbond substituents is 2. The first-order valence-electron chi connectivity index (χ1n) is 7.89. The van der Waals surface area contributed by atoms with Crippen LogP contribution >= 0.6 is 46.4 Å². The van der Waals surface area contributed by atoms with E-state index < -0.39 is 25.6 Å². The van der Waals surface area contributed by atoms with Gasteiger partial charge in [0.2, 0.25) is 0 Å². The van der Waals surface area contributed by atoms with Crippen molar-refractivity contribution in [1.82, 2.24) is 0 Å². The topological polar surface area (TPSA) is 94.8 Å². The molecule has 0 aliphatic carbocycles. The number of phenols is 2. The summed E-state index contributed by atoms with van der Waals surface area (Å²) in [4.78, 5) is 0. The lowest BCUT2D eigenvalue weighted by Gasteiger charge is -2.34. The molecule has 0 amide bonds. The molecule has 1 atom stereocenters. The molecular formula is C19H12Cl4O5S. The van der Waals surface area contributed by atoms with Crippen LogP contribution in [0.2, 0.25) is 20.1 Å². The third-order valence-corrected chi connectivity index (χ3v) is 7.05. The Labute approximate surface area is 186 Å². The Bertz CT molecular complexity index is 1210. The van der Waals surface area contributed by atoms with Gasteiger partial charge in [0.1, 0.15) is 11.5 Å². The van der Waals surface area contributed by atoms with E-state index in [4.69, 9.17) is 46.4 Å². The Morgan fingerprint density at radius 3 is 2.10 bits per heavy atom. The molecule has 10 heteroatoms. The van der Waals surface area contributed by atoms with Crippen LogP contribution in [0, 0.1) is 0 Å². The third kappa shape index (κ3) is 3.65. The first-order chi connectivity index (χ1) is 13.5. The Hall–Kier alpha value is -1.67. The van der Waals surface area contributed by atoms with E-state index in [-0.39, 0.29) is 37.5 Å². The van der Waals surface area contributed by atoms with Crippen LogP contribution in [0.25, 0.3) is 0 Å². The van der Waals surface area contributed by atoms with Gasteiger partial charge in [0.25, 0.3) is 10.1 Å². The monoisotopic (exact) mass is 492 g/mol. The Kier molecular flexibility index (Phi) is 5.98. The second-order valence-corrected chi connectivity index (χ2v) is 9.28. The van der Waals surface area contributed by atoms with Gasteiger partial charge < -0.3 is 10.2 Å². The minimum atomic E-state index is -5.12. The lowest BCUT2D eigenvalue weighted by molar-refractivity contribution is 0.455. The Morgan fingerprint density at radius 1 is 0.828 bits per heavy atom. The second-order valence-electron chi connectivity index (χ2n) is 6.09. The van der Waals surface area contributed by atoms with Crippen LogP contribution in [0.5, 0.6) is 11.5 Å². The molecule has 3 N–H and O–H groups in total. The van der Waals surface area contributed by atoms with E-state index in [0.29, 0.717) is 0 Å². The zero-order valence-electron chi connectivity index (χ0n) is 14.3. The molecule has 0 bridgehead atoms. The van der Waals surface area contributed by atoms with Crippen molar-refractivity contribution in [2.45, 2.75) is 4.75 Å². The summed E-state index contributed by atoms with van der Waals surface area (Å²) in [6.07, 6.45) is 0. The lowest BCUT2D eigenvalue weighted by atomic mass is 9.83. The molecule has 5 nitrogen and oxygen atoms in total. The van der Waals surface area contributed by atoms with Gasteiger partial charge in [-0.15, -0.1) is 0 Å². The molecule has 3 rings (SSSR count). The number of aromatic hydroxyl groups is 2. The average Bonchev–Trinajstić information content (AvgIpc) is 2.62. The summed E-state index contributed by atoms with van der Waals surface area (Å²) in [5.74, 6) is -0.752.